The second-order valence-electron chi connectivity index (χ2n) is 6.43. The Balaban J connectivity index is 0.00000139. The highest BCUT2D eigenvalue weighted by atomic mass is 35.5. The van der Waals surface area contributed by atoms with Gasteiger partial charge in [-0.25, -0.2) is 14.2 Å². The molecule has 7 heteroatoms. The molecule has 1 aromatic rings. The topological polar surface area (TPSA) is 45.7 Å². The van der Waals surface area contributed by atoms with Gasteiger partial charge in [-0.05, 0) is 27.7 Å². The van der Waals surface area contributed by atoms with Crippen molar-refractivity contribution in [1.82, 2.24) is 9.88 Å². The van der Waals surface area contributed by atoms with Crippen molar-refractivity contribution in [2.24, 2.45) is 0 Å². The van der Waals surface area contributed by atoms with Gasteiger partial charge >= 0.3 is 6.09 Å². The van der Waals surface area contributed by atoms with Crippen molar-refractivity contribution in [3.63, 3.8) is 0 Å². The van der Waals surface area contributed by atoms with Crippen molar-refractivity contribution in [2.45, 2.75) is 53.2 Å². The molecule has 2 heterocycles. The Morgan fingerprint density at radius 3 is 2.50 bits per heavy atom. The third-order valence-electron chi connectivity index (χ3n) is 3.40. The average molecular weight is 360 g/mol. The molecule has 1 unspecified atom stereocenters. The van der Waals surface area contributed by atoms with Crippen LogP contribution in [0.4, 0.5) is 14.9 Å². The second-order valence-corrected chi connectivity index (χ2v) is 6.79. The first kappa shape index (κ1) is 20.5. The molecule has 1 atom stereocenters. The smallest absolute Gasteiger partial charge is 0.410 e. The number of anilines is 1. The van der Waals surface area contributed by atoms with Crippen LogP contribution in [-0.4, -0.2) is 47.3 Å². The highest BCUT2D eigenvalue weighted by Gasteiger charge is 2.31. The van der Waals surface area contributed by atoms with Crippen molar-refractivity contribution in [3.8, 4) is 0 Å². The molecule has 5 nitrogen and oxygen atoms in total. The van der Waals surface area contributed by atoms with Gasteiger partial charge in [0.1, 0.15) is 5.60 Å². The molecule has 1 aromatic heterocycles. The van der Waals surface area contributed by atoms with Crippen LogP contribution < -0.4 is 4.90 Å². The van der Waals surface area contributed by atoms with E-state index in [4.69, 9.17) is 16.3 Å². The number of carbonyl (C=O) groups excluding carboxylic acids is 1. The van der Waals surface area contributed by atoms with Crippen molar-refractivity contribution < 1.29 is 13.9 Å². The minimum Gasteiger partial charge on any atom is -0.444 e. The van der Waals surface area contributed by atoms with Gasteiger partial charge in [-0.15, -0.1) is 0 Å². The number of ether oxygens (including phenoxy) is 1. The molecule has 0 spiro atoms. The van der Waals surface area contributed by atoms with Gasteiger partial charge in [0.05, 0.1) is 11.9 Å². The van der Waals surface area contributed by atoms with Crippen molar-refractivity contribution in [1.29, 1.82) is 0 Å². The number of aromatic nitrogens is 1. The van der Waals surface area contributed by atoms with E-state index in [1.54, 1.807) is 11.1 Å². The molecule has 0 saturated carbocycles. The van der Waals surface area contributed by atoms with E-state index in [1.165, 1.54) is 6.07 Å². The lowest BCUT2D eigenvalue weighted by Gasteiger charge is -2.41. The number of carbonyl (C=O) groups is 1. The van der Waals surface area contributed by atoms with Gasteiger partial charge in [0, 0.05) is 31.7 Å². The first-order valence-electron chi connectivity index (χ1n) is 8.23. The maximum Gasteiger partial charge on any atom is 0.410 e. The third-order valence-corrected chi connectivity index (χ3v) is 3.68. The molecule has 1 aliphatic rings. The number of pyridine rings is 1. The van der Waals surface area contributed by atoms with Crippen molar-refractivity contribution >= 4 is 23.4 Å². The van der Waals surface area contributed by atoms with E-state index in [-0.39, 0.29) is 17.3 Å². The summed E-state index contributed by atoms with van der Waals surface area (Å²) >= 11 is 5.60. The van der Waals surface area contributed by atoms with Crippen LogP contribution in [0.3, 0.4) is 0 Å². The fourth-order valence-corrected chi connectivity index (χ4v) is 2.47. The summed E-state index contributed by atoms with van der Waals surface area (Å²) in [5.74, 6) is -0.540. The Labute approximate surface area is 148 Å². The molecule has 24 heavy (non-hydrogen) atoms. The highest BCUT2D eigenvalue weighted by Crippen LogP contribution is 2.23. The van der Waals surface area contributed by atoms with Crippen LogP contribution >= 0.6 is 11.6 Å². The summed E-state index contributed by atoms with van der Waals surface area (Å²) < 4.78 is 18.9. The summed E-state index contributed by atoms with van der Waals surface area (Å²) in [6.07, 6.45) is 1.22. The van der Waals surface area contributed by atoms with Crippen LogP contribution in [0.1, 0.15) is 41.5 Å². The first-order valence-corrected chi connectivity index (χ1v) is 8.61. The first-order chi connectivity index (χ1) is 11.2. The number of hydrogen-bond acceptors (Lipinski definition) is 4. The van der Waals surface area contributed by atoms with Gasteiger partial charge in [0.2, 0.25) is 0 Å². The minimum atomic E-state index is -0.540. The molecule has 0 aliphatic carbocycles. The fraction of sp³-hybridized carbons (Fsp3) is 0.647. The zero-order valence-corrected chi connectivity index (χ0v) is 16.0. The number of rotatable bonds is 1. The Hall–Kier alpha value is -1.56. The Kier molecular flexibility index (Phi) is 7.27. The molecule has 0 radical (unpaired) electrons. The molecule has 0 N–H and O–H groups in total. The monoisotopic (exact) mass is 359 g/mol. The lowest BCUT2D eigenvalue weighted by Crippen LogP contribution is -2.55. The van der Waals surface area contributed by atoms with Gasteiger partial charge in [0.25, 0.3) is 0 Å². The molecule has 1 amide bonds. The summed E-state index contributed by atoms with van der Waals surface area (Å²) in [5, 5.41) is -0.135. The molecule has 0 aromatic carbocycles. The Morgan fingerprint density at radius 1 is 1.38 bits per heavy atom. The Bertz CT molecular complexity index is 563. The van der Waals surface area contributed by atoms with E-state index in [0.717, 1.165) is 0 Å². The van der Waals surface area contributed by atoms with E-state index in [9.17, 15) is 9.18 Å². The van der Waals surface area contributed by atoms with Crippen molar-refractivity contribution in [3.05, 3.63) is 23.2 Å². The van der Waals surface area contributed by atoms with Gasteiger partial charge in [-0.3, -0.25) is 0 Å². The maximum absolute atomic E-state index is 13.5. The molecule has 136 valence electrons. The summed E-state index contributed by atoms with van der Waals surface area (Å²) in [4.78, 5) is 19.7. The largest absolute Gasteiger partial charge is 0.444 e. The molecular formula is C17H27ClFN3O2. The lowest BCUT2D eigenvalue weighted by molar-refractivity contribution is 0.0159. The van der Waals surface area contributed by atoms with E-state index >= 15 is 0 Å². The van der Waals surface area contributed by atoms with Crippen LogP contribution in [0.15, 0.2) is 12.3 Å². The Morgan fingerprint density at radius 2 is 2.00 bits per heavy atom. The van der Waals surface area contributed by atoms with Gasteiger partial charge in [-0.2, -0.15) is 0 Å². The molecular weight excluding hydrogens is 333 g/mol. The van der Waals surface area contributed by atoms with E-state index in [0.29, 0.717) is 25.3 Å². The summed E-state index contributed by atoms with van der Waals surface area (Å²) in [5.41, 5.74) is 0.148. The van der Waals surface area contributed by atoms with Crippen molar-refractivity contribution in [2.75, 3.05) is 24.5 Å². The van der Waals surface area contributed by atoms with Crippen LogP contribution in [0.2, 0.25) is 5.15 Å². The van der Waals surface area contributed by atoms with E-state index < -0.39 is 11.4 Å². The van der Waals surface area contributed by atoms with E-state index in [1.807, 2.05) is 46.4 Å². The van der Waals surface area contributed by atoms with Crippen LogP contribution in [-0.2, 0) is 4.74 Å². The number of piperazine rings is 1. The number of halogens is 2. The quantitative estimate of drug-likeness (QED) is 0.699. The average Bonchev–Trinajstić information content (AvgIpc) is 2.50. The standard InChI is InChI=1S/C15H21ClFN3O2.C2H6/c1-10-9-19(11-7-12(17)13(16)18-8-11)5-6-20(10)14(21)22-15(2,3)4;1-2/h7-8,10H,5-6,9H2,1-4H3;1-2H3. The predicted octanol–water partition coefficient (Wildman–Crippen LogP) is 4.35. The summed E-state index contributed by atoms with van der Waals surface area (Å²) in [7, 11) is 0. The third kappa shape index (κ3) is 5.51. The lowest BCUT2D eigenvalue weighted by atomic mass is 10.1. The fourth-order valence-electron chi connectivity index (χ4n) is 2.37. The number of nitrogens with zero attached hydrogens (tertiary/aromatic N) is 3. The molecule has 1 aliphatic heterocycles. The number of hydrogen-bond donors (Lipinski definition) is 0. The molecule has 2 rings (SSSR count). The molecule has 1 saturated heterocycles. The highest BCUT2D eigenvalue weighted by molar-refractivity contribution is 6.29. The normalized spacial score (nSPS) is 17.9. The zero-order valence-electron chi connectivity index (χ0n) is 15.3. The zero-order chi connectivity index (χ0) is 18.5. The second kappa shape index (κ2) is 8.51. The van der Waals surface area contributed by atoms with Crippen LogP contribution in [0, 0.1) is 5.82 Å². The van der Waals surface area contributed by atoms with Crippen LogP contribution in [0.25, 0.3) is 0 Å². The predicted molar refractivity (Wildman–Crippen MR) is 95.2 cm³/mol. The minimum absolute atomic E-state index is 0.0395. The van der Waals surface area contributed by atoms with Crippen LogP contribution in [0.5, 0.6) is 0 Å². The molecule has 0 bridgehead atoms. The molecule has 1 fully saturated rings. The SMILES string of the molecule is CC.CC1CN(c2cnc(Cl)c(F)c2)CCN1C(=O)OC(C)(C)C. The maximum atomic E-state index is 13.5. The summed E-state index contributed by atoms with van der Waals surface area (Å²) in [6, 6.07) is 1.33. The summed E-state index contributed by atoms with van der Waals surface area (Å²) in [6.45, 7) is 13.2. The van der Waals surface area contributed by atoms with Gasteiger partial charge in [0.15, 0.2) is 11.0 Å². The van der Waals surface area contributed by atoms with Gasteiger partial charge in [-0.1, -0.05) is 25.4 Å². The van der Waals surface area contributed by atoms with E-state index in [2.05, 4.69) is 4.98 Å². The number of amides is 1. The van der Waals surface area contributed by atoms with Gasteiger partial charge < -0.3 is 14.5 Å².